The topological polar surface area (TPSA) is 113 Å². The number of H-pyrrole nitrogens is 1. The number of aromatic amines is 1. The van der Waals surface area contributed by atoms with E-state index >= 15 is 0 Å². The van der Waals surface area contributed by atoms with Gasteiger partial charge in [0.25, 0.3) is 11.8 Å². The summed E-state index contributed by atoms with van der Waals surface area (Å²) in [5.41, 5.74) is 3.74. The Bertz CT molecular complexity index is 898. The normalized spacial score (nSPS) is 10.5. The van der Waals surface area contributed by atoms with Gasteiger partial charge in [0.2, 0.25) is 0 Å². The number of aryl methyl sites for hydroxylation is 3. The number of aromatic nitrogens is 4. The third kappa shape index (κ3) is 4.79. The number of pyridine rings is 2. The number of nitrogens with one attached hydrogen (secondary N) is 3. The van der Waals surface area contributed by atoms with Crippen molar-refractivity contribution < 1.29 is 9.59 Å². The minimum atomic E-state index is -0.424. The highest BCUT2D eigenvalue weighted by atomic mass is 16.2. The zero-order valence-corrected chi connectivity index (χ0v) is 16.0. The standard InChI is InChI=1S/C20H22N6O2/c1-12-4-6-15(8-21-12)10-23-19(27)17-18(26-14(3)25-17)20(28)24-11-16-7-5-13(2)22-9-16/h4-9H,10-11H2,1-3H3,(H,23,27)(H,24,28)(H,25,26). The number of nitrogens with zero attached hydrogens (tertiary/aromatic N) is 3. The van der Waals surface area contributed by atoms with Crippen LogP contribution in [-0.4, -0.2) is 31.8 Å². The molecule has 8 heteroatoms. The Morgan fingerprint density at radius 2 is 1.39 bits per heavy atom. The van der Waals surface area contributed by atoms with E-state index < -0.39 is 11.8 Å². The van der Waals surface area contributed by atoms with Gasteiger partial charge in [-0.15, -0.1) is 0 Å². The Morgan fingerprint density at radius 3 is 1.89 bits per heavy atom. The summed E-state index contributed by atoms with van der Waals surface area (Å²) in [6.45, 7) is 6.09. The number of amides is 2. The molecule has 3 N–H and O–H groups in total. The fourth-order valence-electron chi connectivity index (χ4n) is 2.56. The van der Waals surface area contributed by atoms with E-state index in [1.807, 2.05) is 38.1 Å². The first-order valence-corrected chi connectivity index (χ1v) is 8.88. The van der Waals surface area contributed by atoms with Crippen LogP contribution in [0.25, 0.3) is 0 Å². The lowest BCUT2D eigenvalue weighted by molar-refractivity contribution is 0.0911. The van der Waals surface area contributed by atoms with Gasteiger partial charge in [-0.1, -0.05) is 12.1 Å². The molecule has 3 aromatic rings. The maximum absolute atomic E-state index is 12.5. The van der Waals surface area contributed by atoms with Gasteiger partial charge in [0.1, 0.15) is 11.5 Å². The molecule has 3 rings (SSSR count). The average Bonchev–Trinajstić information content (AvgIpc) is 3.08. The van der Waals surface area contributed by atoms with Gasteiger partial charge in [0.05, 0.1) is 0 Å². The molecule has 0 aliphatic carbocycles. The van der Waals surface area contributed by atoms with Crippen LogP contribution in [0.1, 0.15) is 49.3 Å². The van der Waals surface area contributed by atoms with E-state index in [1.165, 1.54) is 0 Å². The van der Waals surface area contributed by atoms with Crippen LogP contribution in [0.2, 0.25) is 0 Å². The molecule has 3 aromatic heterocycles. The van der Waals surface area contributed by atoms with Crippen molar-refractivity contribution in [2.75, 3.05) is 0 Å². The van der Waals surface area contributed by atoms with E-state index in [9.17, 15) is 9.59 Å². The number of rotatable bonds is 6. The van der Waals surface area contributed by atoms with Crippen molar-refractivity contribution in [1.29, 1.82) is 0 Å². The number of hydrogen-bond acceptors (Lipinski definition) is 5. The Kier molecular flexibility index (Phi) is 5.78. The largest absolute Gasteiger partial charge is 0.347 e. The third-order valence-electron chi connectivity index (χ3n) is 4.12. The SMILES string of the molecule is Cc1ccc(CNC(=O)c2nc(C)[nH]c2C(=O)NCc2ccc(C)nc2)cn1. The molecule has 0 saturated carbocycles. The molecule has 0 aliphatic rings. The van der Waals surface area contributed by atoms with Gasteiger partial charge in [-0.05, 0) is 44.0 Å². The second kappa shape index (κ2) is 8.43. The minimum absolute atomic E-state index is 0.0668. The summed E-state index contributed by atoms with van der Waals surface area (Å²) in [5.74, 6) is -0.334. The van der Waals surface area contributed by atoms with Crippen molar-refractivity contribution in [3.63, 3.8) is 0 Å². The molecule has 3 heterocycles. The lowest BCUT2D eigenvalue weighted by Crippen LogP contribution is -2.29. The molecular weight excluding hydrogens is 356 g/mol. The van der Waals surface area contributed by atoms with Crippen LogP contribution in [0.3, 0.4) is 0 Å². The molecule has 0 unspecified atom stereocenters. The van der Waals surface area contributed by atoms with Crippen LogP contribution >= 0.6 is 0 Å². The smallest absolute Gasteiger partial charge is 0.272 e. The van der Waals surface area contributed by atoms with Crippen LogP contribution in [0.15, 0.2) is 36.7 Å². The van der Waals surface area contributed by atoms with Gasteiger partial charge in [-0.3, -0.25) is 19.6 Å². The van der Waals surface area contributed by atoms with E-state index in [4.69, 9.17) is 0 Å². The monoisotopic (exact) mass is 378 g/mol. The maximum atomic E-state index is 12.5. The van der Waals surface area contributed by atoms with E-state index in [-0.39, 0.29) is 11.4 Å². The molecule has 8 nitrogen and oxygen atoms in total. The van der Waals surface area contributed by atoms with Gasteiger partial charge in [0.15, 0.2) is 5.69 Å². The summed E-state index contributed by atoms with van der Waals surface area (Å²) in [6, 6.07) is 7.53. The van der Waals surface area contributed by atoms with Crippen LogP contribution in [0.4, 0.5) is 0 Å². The summed E-state index contributed by atoms with van der Waals surface area (Å²) in [5, 5.41) is 5.56. The highest BCUT2D eigenvalue weighted by Gasteiger charge is 2.21. The molecule has 0 radical (unpaired) electrons. The van der Waals surface area contributed by atoms with Crippen LogP contribution < -0.4 is 10.6 Å². The van der Waals surface area contributed by atoms with Crippen molar-refractivity contribution in [3.05, 3.63) is 76.4 Å². The number of carbonyl (C=O) groups is 2. The van der Waals surface area contributed by atoms with E-state index in [0.29, 0.717) is 18.9 Å². The first kappa shape index (κ1) is 19.2. The third-order valence-corrected chi connectivity index (χ3v) is 4.12. The molecule has 0 bridgehead atoms. The zero-order chi connectivity index (χ0) is 20.1. The first-order chi connectivity index (χ1) is 13.4. The fourth-order valence-corrected chi connectivity index (χ4v) is 2.56. The van der Waals surface area contributed by atoms with Crippen molar-refractivity contribution in [3.8, 4) is 0 Å². The van der Waals surface area contributed by atoms with Crippen LogP contribution in [-0.2, 0) is 13.1 Å². The van der Waals surface area contributed by atoms with Crippen LogP contribution in [0.5, 0.6) is 0 Å². The molecule has 28 heavy (non-hydrogen) atoms. The Morgan fingerprint density at radius 1 is 0.857 bits per heavy atom. The lowest BCUT2D eigenvalue weighted by Gasteiger charge is -2.07. The predicted octanol–water partition coefficient (Wildman–Crippen LogP) is 1.98. The van der Waals surface area contributed by atoms with Gasteiger partial charge < -0.3 is 15.6 Å². The van der Waals surface area contributed by atoms with Crippen molar-refractivity contribution >= 4 is 11.8 Å². The quantitative estimate of drug-likeness (QED) is 0.607. The number of carbonyl (C=O) groups excluding carboxylic acids is 2. The number of imidazole rings is 1. The molecule has 2 amide bonds. The summed E-state index contributed by atoms with van der Waals surface area (Å²) in [4.78, 5) is 40.5. The summed E-state index contributed by atoms with van der Waals surface area (Å²) >= 11 is 0. The summed E-state index contributed by atoms with van der Waals surface area (Å²) < 4.78 is 0. The zero-order valence-electron chi connectivity index (χ0n) is 16.0. The molecule has 0 fully saturated rings. The molecule has 0 aliphatic heterocycles. The number of hydrogen-bond donors (Lipinski definition) is 3. The van der Waals surface area contributed by atoms with Crippen molar-refractivity contribution in [2.24, 2.45) is 0 Å². The van der Waals surface area contributed by atoms with Crippen molar-refractivity contribution in [2.45, 2.75) is 33.9 Å². The van der Waals surface area contributed by atoms with E-state index in [0.717, 1.165) is 22.5 Å². The first-order valence-electron chi connectivity index (χ1n) is 8.88. The van der Waals surface area contributed by atoms with Gasteiger partial charge >= 0.3 is 0 Å². The lowest BCUT2D eigenvalue weighted by atomic mass is 10.2. The molecule has 0 atom stereocenters. The molecule has 144 valence electrons. The summed E-state index contributed by atoms with van der Waals surface area (Å²) in [7, 11) is 0. The fraction of sp³-hybridized carbons (Fsp3) is 0.250. The van der Waals surface area contributed by atoms with Crippen molar-refractivity contribution in [1.82, 2.24) is 30.6 Å². The molecule has 0 aromatic carbocycles. The second-order valence-electron chi connectivity index (χ2n) is 6.53. The molecular formula is C20H22N6O2. The van der Waals surface area contributed by atoms with E-state index in [2.05, 4.69) is 30.6 Å². The Hall–Kier alpha value is -3.55. The Balaban J connectivity index is 1.65. The summed E-state index contributed by atoms with van der Waals surface area (Å²) in [6.07, 6.45) is 3.41. The average molecular weight is 378 g/mol. The predicted molar refractivity (Wildman–Crippen MR) is 104 cm³/mol. The highest BCUT2D eigenvalue weighted by molar-refractivity contribution is 6.04. The van der Waals surface area contributed by atoms with Gasteiger partial charge in [-0.2, -0.15) is 0 Å². The minimum Gasteiger partial charge on any atom is -0.347 e. The molecule has 0 saturated heterocycles. The van der Waals surface area contributed by atoms with Crippen LogP contribution in [0, 0.1) is 20.8 Å². The van der Waals surface area contributed by atoms with Gasteiger partial charge in [-0.25, -0.2) is 4.98 Å². The Labute approximate surface area is 162 Å². The van der Waals surface area contributed by atoms with E-state index in [1.54, 1.807) is 19.3 Å². The van der Waals surface area contributed by atoms with Gasteiger partial charge in [0, 0.05) is 36.9 Å². The highest BCUT2D eigenvalue weighted by Crippen LogP contribution is 2.08. The molecule has 0 spiro atoms. The second-order valence-corrected chi connectivity index (χ2v) is 6.53. The maximum Gasteiger partial charge on any atom is 0.272 e.